The second-order valence-electron chi connectivity index (χ2n) is 9.53. The molecule has 10 nitrogen and oxygen atoms in total. The maximum absolute atomic E-state index is 13.3. The van der Waals surface area contributed by atoms with Gasteiger partial charge in [-0.15, -0.1) is 0 Å². The molecule has 0 radical (unpaired) electrons. The molecule has 9 N–H and O–H groups in total. The molecule has 228 valence electrons. The van der Waals surface area contributed by atoms with Gasteiger partial charge in [-0.2, -0.15) is 0 Å². The van der Waals surface area contributed by atoms with Crippen molar-refractivity contribution in [2.45, 2.75) is 57.0 Å². The van der Waals surface area contributed by atoms with Crippen molar-refractivity contribution < 1.29 is 69.0 Å². The Labute approximate surface area is 261 Å². The zero-order valence-electron chi connectivity index (χ0n) is 22.4. The minimum Gasteiger partial charge on any atom is -1.00 e. The molecule has 0 saturated heterocycles. The van der Waals surface area contributed by atoms with E-state index in [0.717, 1.165) is 36.6 Å². The summed E-state index contributed by atoms with van der Waals surface area (Å²) in [6.07, 6.45) is 7.58. The molecule has 1 aromatic heterocycles. The van der Waals surface area contributed by atoms with E-state index in [1.54, 1.807) is 6.20 Å². The van der Waals surface area contributed by atoms with Crippen LogP contribution in [0.25, 0.3) is 10.9 Å². The molecule has 1 saturated carbocycles. The monoisotopic (exact) mass is 638 g/mol. The van der Waals surface area contributed by atoms with Crippen LogP contribution in [0, 0.1) is 5.92 Å². The van der Waals surface area contributed by atoms with Crippen LogP contribution in [0.15, 0.2) is 36.5 Å². The SMILES string of the molecule is NCCN(CCN)C(=O)C[C@H](N)C(=O)N[C@@H](CC1CCCCC1)C(=O)Nc1c[nH+]c2ccccc2c1.[Cl-].[Cl-].[Cl-].[Cl-]. The number of halogens is 4. The van der Waals surface area contributed by atoms with E-state index in [0.29, 0.717) is 44.2 Å². The van der Waals surface area contributed by atoms with E-state index in [9.17, 15) is 14.4 Å². The predicted molar refractivity (Wildman–Crippen MR) is 140 cm³/mol. The van der Waals surface area contributed by atoms with Crippen LogP contribution in [0.2, 0.25) is 0 Å². The summed E-state index contributed by atoms with van der Waals surface area (Å²) in [5, 5.41) is 6.72. The molecule has 3 rings (SSSR count). The Hall–Kier alpha value is -1.92. The number of hydrogen-bond acceptors (Lipinski definition) is 6. The van der Waals surface area contributed by atoms with Crippen LogP contribution in [0.5, 0.6) is 0 Å². The molecule has 1 aliphatic carbocycles. The fourth-order valence-electron chi connectivity index (χ4n) is 4.77. The van der Waals surface area contributed by atoms with Gasteiger partial charge >= 0.3 is 0 Å². The second kappa shape index (κ2) is 20.9. The zero-order chi connectivity index (χ0) is 25.9. The van der Waals surface area contributed by atoms with Crippen LogP contribution in [0.1, 0.15) is 44.9 Å². The molecule has 1 aromatic carbocycles. The highest BCUT2D eigenvalue weighted by atomic mass is 35.5. The summed E-state index contributed by atoms with van der Waals surface area (Å²) in [6, 6.07) is 7.83. The van der Waals surface area contributed by atoms with E-state index in [-0.39, 0.29) is 67.9 Å². The number of anilines is 1. The number of fused-ring (bicyclic) bond motifs is 1. The number of carbonyl (C=O) groups excluding carboxylic acids is 3. The van der Waals surface area contributed by atoms with E-state index in [2.05, 4.69) is 15.6 Å². The predicted octanol–water partition coefficient (Wildman–Crippen LogP) is -11.5. The normalized spacial score (nSPS) is 14.2. The van der Waals surface area contributed by atoms with Gasteiger partial charge in [0.1, 0.15) is 11.7 Å². The summed E-state index contributed by atoms with van der Waals surface area (Å²) in [7, 11) is 0. The number of nitrogens with two attached hydrogens (primary N) is 3. The Morgan fingerprint density at radius 3 is 2.20 bits per heavy atom. The van der Waals surface area contributed by atoms with Crippen molar-refractivity contribution in [2.24, 2.45) is 23.1 Å². The quantitative estimate of drug-likeness (QED) is 0.154. The summed E-state index contributed by atoms with van der Waals surface area (Å²) in [5.41, 5.74) is 18.8. The summed E-state index contributed by atoms with van der Waals surface area (Å²) >= 11 is 0. The molecule has 14 heteroatoms. The maximum atomic E-state index is 13.3. The van der Waals surface area contributed by atoms with Gasteiger partial charge in [0.25, 0.3) is 0 Å². The molecular formula is C26H40Cl4N7O3-3. The van der Waals surface area contributed by atoms with Gasteiger partial charge in [-0.1, -0.05) is 44.2 Å². The maximum Gasteiger partial charge on any atom is 0.247 e. The van der Waals surface area contributed by atoms with Gasteiger partial charge in [0.05, 0.1) is 12.5 Å². The lowest BCUT2D eigenvalue weighted by Gasteiger charge is -2.28. The van der Waals surface area contributed by atoms with Crippen molar-refractivity contribution in [2.75, 3.05) is 31.5 Å². The first-order valence-electron chi connectivity index (χ1n) is 12.9. The van der Waals surface area contributed by atoms with Crippen molar-refractivity contribution in [3.05, 3.63) is 36.5 Å². The third kappa shape index (κ3) is 12.3. The molecule has 2 atom stereocenters. The number of H-pyrrole nitrogens is 1. The van der Waals surface area contributed by atoms with E-state index in [1.807, 2.05) is 30.3 Å². The first kappa shape index (κ1) is 40.2. The third-order valence-corrected chi connectivity index (χ3v) is 6.73. The highest BCUT2D eigenvalue weighted by molar-refractivity contribution is 5.99. The van der Waals surface area contributed by atoms with Crippen LogP contribution in [-0.4, -0.2) is 60.9 Å². The largest absolute Gasteiger partial charge is 1.00 e. The highest BCUT2D eigenvalue weighted by Crippen LogP contribution is 2.28. The van der Waals surface area contributed by atoms with Gasteiger partial charge in [-0.3, -0.25) is 14.4 Å². The van der Waals surface area contributed by atoms with Crippen LogP contribution in [0.4, 0.5) is 5.69 Å². The number of carbonyl (C=O) groups is 3. The van der Waals surface area contributed by atoms with Crippen molar-refractivity contribution in [3.8, 4) is 0 Å². The number of amides is 3. The van der Waals surface area contributed by atoms with Crippen LogP contribution < -0.4 is 82.4 Å². The molecule has 1 heterocycles. The number of para-hydroxylation sites is 1. The number of nitrogens with one attached hydrogen (secondary N) is 3. The topological polar surface area (TPSA) is 171 Å². The average molecular weight is 640 g/mol. The molecule has 40 heavy (non-hydrogen) atoms. The molecule has 3 amide bonds. The number of rotatable bonds is 12. The number of hydrogen-bond donors (Lipinski definition) is 5. The van der Waals surface area contributed by atoms with E-state index < -0.39 is 18.0 Å². The summed E-state index contributed by atoms with van der Waals surface area (Å²) in [4.78, 5) is 43.5. The molecule has 0 spiro atoms. The van der Waals surface area contributed by atoms with Crippen LogP contribution in [0.3, 0.4) is 0 Å². The second-order valence-corrected chi connectivity index (χ2v) is 9.53. The van der Waals surface area contributed by atoms with E-state index >= 15 is 0 Å². The van der Waals surface area contributed by atoms with Gasteiger partial charge in [-0.25, -0.2) is 4.98 Å². The standard InChI is InChI=1S/C26H39N7O3.4ClH/c27-10-12-33(13-11-28)24(34)16-21(29)25(35)32-23(14-18-6-2-1-3-7-18)26(36)31-20-15-19-8-4-5-9-22(19)30-17-20;;;;/h4-5,8-9,15,17-18,21,23H,1-3,6-7,10-14,16,27-29H2,(H,31,36)(H,32,35);4*1H/p-3/t21-,23-;;;;/m0..../s1. The summed E-state index contributed by atoms with van der Waals surface area (Å²) in [6.45, 7) is 1.28. The number of benzene rings is 1. The Kier molecular flexibility index (Phi) is 21.0. The summed E-state index contributed by atoms with van der Waals surface area (Å²) < 4.78 is 0. The molecular weight excluding hydrogens is 600 g/mol. The summed E-state index contributed by atoms with van der Waals surface area (Å²) in [5.74, 6) is -0.761. The minimum absolute atomic E-state index is 0. The van der Waals surface area contributed by atoms with Gasteiger partial charge in [0.2, 0.25) is 23.2 Å². The lowest BCUT2D eigenvalue weighted by molar-refractivity contribution is -0.343. The molecule has 1 fully saturated rings. The smallest absolute Gasteiger partial charge is 0.247 e. The third-order valence-electron chi connectivity index (χ3n) is 6.73. The Morgan fingerprint density at radius 1 is 0.950 bits per heavy atom. The lowest BCUT2D eigenvalue weighted by Crippen LogP contribution is -3.00. The van der Waals surface area contributed by atoms with Crippen LogP contribution in [-0.2, 0) is 14.4 Å². The number of aromatic amines is 1. The van der Waals surface area contributed by atoms with Crippen LogP contribution >= 0.6 is 0 Å². The first-order chi connectivity index (χ1) is 17.4. The Bertz CT molecular complexity index is 1040. The molecule has 2 aromatic rings. The lowest BCUT2D eigenvalue weighted by atomic mass is 9.84. The van der Waals surface area contributed by atoms with Crippen molar-refractivity contribution in [3.63, 3.8) is 0 Å². The van der Waals surface area contributed by atoms with Crippen molar-refractivity contribution >= 4 is 34.3 Å². The van der Waals surface area contributed by atoms with Gasteiger partial charge < -0.3 is 82.4 Å². The average Bonchev–Trinajstić information content (AvgIpc) is 2.88. The molecule has 0 bridgehead atoms. The molecule has 0 aliphatic heterocycles. The first-order valence-corrected chi connectivity index (χ1v) is 12.9. The highest BCUT2D eigenvalue weighted by Gasteiger charge is 2.29. The Balaban J connectivity index is 0. The zero-order valence-corrected chi connectivity index (χ0v) is 25.4. The number of aromatic nitrogens is 1. The van der Waals surface area contributed by atoms with E-state index in [4.69, 9.17) is 17.2 Å². The van der Waals surface area contributed by atoms with E-state index in [1.165, 1.54) is 11.3 Å². The molecule has 0 unspecified atom stereocenters. The Morgan fingerprint density at radius 2 is 1.57 bits per heavy atom. The van der Waals surface area contributed by atoms with Gasteiger partial charge in [-0.05, 0) is 24.5 Å². The number of nitrogens with zero attached hydrogens (tertiary/aromatic N) is 1. The van der Waals surface area contributed by atoms with Crippen molar-refractivity contribution in [1.29, 1.82) is 0 Å². The van der Waals surface area contributed by atoms with Gasteiger partial charge in [0.15, 0.2) is 6.20 Å². The minimum atomic E-state index is -1.08. The van der Waals surface area contributed by atoms with Crippen molar-refractivity contribution in [1.82, 2.24) is 10.2 Å². The fraction of sp³-hybridized carbons (Fsp3) is 0.538. The molecule has 1 aliphatic rings. The number of pyridine rings is 1. The van der Waals surface area contributed by atoms with Gasteiger partial charge in [0, 0.05) is 37.6 Å². The fourth-order valence-corrected chi connectivity index (χ4v) is 4.77.